The second kappa shape index (κ2) is 10.5. The first-order chi connectivity index (χ1) is 17.1. The smallest absolute Gasteiger partial charge is 0.251 e. The number of nitrogens with one attached hydrogen (secondary N) is 1. The second-order valence-electron chi connectivity index (χ2n) is 9.21. The maximum atomic E-state index is 13.2. The van der Waals surface area contributed by atoms with Crippen molar-refractivity contribution in [1.82, 2.24) is 5.32 Å². The Morgan fingerprint density at radius 1 is 1.06 bits per heavy atom. The lowest BCUT2D eigenvalue weighted by Crippen LogP contribution is -2.44. The van der Waals surface area contributed by atoms with Crippen molar-refractivity contribution in [1.29, 1.82) is 0 Å². The van der Waals surface area contributed by atoms with Crippen LogP contribution in [0.1, 0.15) is 60.6 Å². The van der Waals surface area contributed by atoms with E-state index in [1.165, 1.54) is 4.31 Å². The molecular formula is C28H31ClN2O4S. The van der Waals surface area contributed by atoms with E-state index in [1.807, 2.05) is 24.3 Å². The second-order valence-corrected chi connectivity index (χ2v) is 11.5. The predicted molar refractivity (Wildman–Crippen MR) is 144 cm³/mol. The SMILES string of the molecule is CCC1(CC)C[C@H](NC(=O)c2ccc(CN(c3cccc(Cl)c3)S(C)(=O)=O)cc2)c2ccccc2O1. The molecule has 3 aromatic carbocycles. The number of nitrogens with zero attached hydrogens (tertiary/aromatic N) is 1. The van der Waals surface area contributed by atoms with Gasteiger partial charge >= 0.3 is 0 Å². The first-order valence-electron chi connectivity index (χ1n) is 12.0. The molecule has 1 aliphatic rings. The molecular weight excluding hydrogens is 496 g/mol. The minimum Gasteiger partial charge on any atom is -0.487 e. The van der Waals surface area contributed by atoms with Crippen LogP contribution in [0.4, 0.5) is 5.69 Å². The fourth-order valence-corrected chi connectivity index (χ4v) is 5.69. The number of anilines is 1. The largest absolute Gasteiger partial charge is 0.487 e. The predicted octanol–water partition coefficient (Wildman–Crippen LogP) is 6.12. The summed E-state index contributed by atoms with van der Waals surface area (Å²) in [6, 6.07) is 21.4. The summed E-state index contributed by atoms with van der Waals surface area (Å²) in [5, 5.41) is 3.65. The Bertz CT molecular complexity index is 1340. The summed E-state index contributed by atoms with van der Waals surface area (Å²) in [6.07, 6.45) is 3.56. The van der Waals surface area contributed by atoms with Crippen LogP contribution in [-0.2, 0) is 16.6 Å². The minimum atomic E-state index is -3.54. The maximum Gasteiger partial charge on any atom is 0.251 e. The van der Waals surface area contributed by atoms with Gasteiger partial charge in [0, 0.05) is 22.6 Å². The molecule has 1 aliphatic heterocycles. The van der Waals surface area contributed by atoms with Gasteiger partial charge in [-0.3, -0.25) is 9.10 Å². The normalized spacial score (nSPS) is 16.5. The Labute approximate surface area is 218 Å². The number of amides is 1. The molecule has 0 saturated heterocycles. The molecule has 1 amide bonds. The lowest BCUT2D eigenvalue weighted by molar-refractivity contribution is 0.0227. The van der Waals surface area contributed by atoms with Gasteiger partial charge in [-0.2, -0.15) is 0 Å². The van der Waals surface area contributed by atoms with E-state index < -0.39 is 10.0 Å². The van der Waals surface area contributed by atoms with E-state index in [0.29, 0.717) is 22.7 Å². The van der Waals surface area contributed by atoms with E-state index in [9.17, 15) is 13.2 Å². The number of para-hydroxylation sites is 1. The summed E-state index contributed by atoms with van der Waals surface area (Å²) in [7, 11) is -3.54. The molecule has 0 fully saturated rings. The third-order valence-electron chi connectivity index (χ3n) is 6.83. The molecule has 0 aromatic heterocycles. The van der Waals surface area contributed by atoms with E-state index in [2.05, 4.69) is 19.2 Å². The molecule has 190 valence electrons. The van der Waals surface area contributed by atoms with E-state index >= 15 is 0 Å². The summed E-state index contributed by atoms with van der Waals surface area (Å²) in [5.41, 5.74) is 2.41. The number of sulfonamides is 1. The van der Waals surface area contributed by atoms with E-state index in [1.54, 1.807) is 48.5 Å². The van der Waals surface area contributed by atoms with Crippen molar-refractivity contribution >= 4 is 33.2 Å². The number of hydrogen-bond donors (Lipinski definition) is 1. The molecule has 6 nitrogen and oxygen atoms in total. The van der Waals surface area contributed by atoms with Crippen molar-refractivity contribution in [2.75, 3.05) is 10.6 Å². The molecule has 0 aliphatic carbocycles. The number of carbonyl (C=O) groups is 1. The van der Waals surface area contributed by atoms with Gasteiger partial charge in [0.1, 0.15) is 11.4 Å². The standard InChI is InChI=1S/C28H31ClN2O4S/c1-4-28(5-2)18-25(24-11-6-7-12-26(24)35-28)30-27(32)21-15-13-20(14-16-21)19-31(36(3,33)34)23-10-8-9-22(29)17-23/h6-17,25H,4-5,18-19H2,1-3H3,(H,30,32)/t25-/m0/s1. The quantitative estimate of drug-likeness (QED) is 0.383. The van der Waals surface area contributed by atoms with E-state index in [-0.39, 0.29) is 24.1 Å². The zero-order valence-electron chi connectivity index (χ0n) is 20.7. The van der Waals surface area contributed by atoms with Crippen molar-refractivity contribution in [3.05, 3.63) is 94.5 Å². The lowest BCUT2D eigenvalue weighted by atomic mass is 9.83. The Morgan fingerprint density at radius 3 is 2.39 bits per heavy atom. The van der Waals surface area contributed by atoms with Crippen LogP contribution in [0.25, 0.3) is 0 Å². The Morgan fingerprint density at radius 2 is 1.75 bits per heavy atom. The van der Waals surface area contributed by atoms with Gasteiger partial charge in [0.25, 0.3) is 5.91 Å². The highest BCUT2D eigenvalue weighted by atomic mass is 35.5. The van der Waals surface area contributed by atoms with Crippen LogP contribution in [0.5, 0.6) is 5.75 Å². The fraction of sp³-hybridized carbons (Fsp3) is 0.321. The van der Waals surface area contributed by atoms with Crippen molar-refractivity contribution in [2.45, 2.75) is 51.3 Å². The first-order valence-corrected chi connectivity index (χ1v) is 14.3. The molecule has 0 saturated carbocycles. The topological polar surface area (TPSA) is 75.7 Å². The van der Waals surface area contributed by atoms with Gasteiger partial charge in [0.05, 0.1) is 24.5 Å². The molecule has 0 bridgehead atoms. The van der Waals surface area contributed by atoms with Crippen molar-refractivity contribution in [3.8, 4) is 5.75 Å². The number of halogens is 1. The summed E-state index contributed by atoms with van der Waals surface area (Å²) in [5.74, 6) is 0.633. The van der Waals surface area contributed by atoms with Gasteiger partial charge in [-0.15, -0.1) is 0 Å². The number of carbonyl (C=O) groups excluding carboxylic acids is 1. The molecule has 36 heavy (non-hydrogen) atoms. The molecule has 1 atom stereocenters. The molecule has 1 N–H and O–H groups in total. The van der Waals surface area contributed by atoms with Crippen LogP contribution in [0.3, 0.4) is 0 Å². The van der Waals surface area contributed by atoms with Crippen molar-refractivity contribution < 1.29 is 17.9 Å². The molecule has 0 unspecified atom stereocenters. The van der Waals surface area contributed by atoms with Gasteiger partial charge < -0.3 is 10.1 Å². The van der Waals surface area contributed by atoms with Gasteiger partial charge in [-0.05, 0) is 54.8 Å². The van der Waals surface area contributed by atoms with Crippen LogP contribution in [0, 0.1) is 0 Å². The summed E-state index contributed by atoms with van der Waals surface area (Å²) < 4.78 is 32.6. The zero-order valence-corrected chi connectivity index (χ0v) is 22.3. The molecule has 4 rings (SSSR count). The van der Waals surface area contributed by atoms with E-state index in [0.717, 1.165) is 36.0 Å². The molecule has 8 heteroatoms. The van der Waals surface area contributed by atoms with Crippen LogP contribution in [0.2, 0.25) is 5.02 Å². The summed E-state index contributed by atoms with van der Waals surface area (Å²) >= 11 is 6.07. The fourth-order valence-electron chi connectivity index (χ4n) is 4.63. The van der Waals surface area contributed by atoms with E-state index in [4.69, 9.17) is 16.3 Å². The van der Waals surface area contributed by atoms with Gasteiger partial charge in [0.2, 0.25) is 10.0 Å². The highest BCUT2D eigenvalue weighted by Gasteiger charge is 2.39. The minimum absolute atomic E-state index is 0.129. The first kappa shape index (κ1) is 26.0. The monoisotopic (exact) mass is 526 g/mol. The Balaban J connectivity index is 1.52. The molecule has 1 heterocycles. The van der Waals surface area contributed by atoms with Gasteiger partial charge in [-0.25, -0.2) is 8.42 Å². The van der Waals surface area contributed by atoms with Gasteiger partial charge in [0.15, 0.2) is 0 Å². The van der Waals surface area contributed by atoms with Crippen LogP contribution < -0.4 is 14.4 Å². The van der Waals surface area contributed by atoms with Crippen LogP contribution >= 0.6 is 11.6 Å². The number of rotatable bonds is 8. The maximum absolute atomic E-state index is 13.2. The van der Waals surface area contributed by atoms with Crippen molar-refractivity contribution in [2.24, 2.45) is 0 Å². The average molecular weight is 527 g/mol. The Hall–Kier alpha value is -3.03. The third kappa shape index (κ3) is 5.68. The highest BCUT2D eigenvalue weighted by molar-refractivity contribution is 7.92. The highest BCUT2D eigenvalue weighted by Crippen LogP contribution is 2.42. The van der Waals surface area contributed by atoms with Gasteiger partial charge in [-0.1, -0.05) is 61.8 Å². The number of hydrogen-bond acceptors (Lipinski definition) is 4. The van der Waals surface area contributed by atoms with Crippen LogP contribution in [0.15, 0.2) is 72.8 Å². The summed E-state index contributed by atoms with van der Waals surface area (Å²) in [6.45, 7) is 4.35. The third-order valence-corrected chi connectivity index (χ3v) is 8.21. The number of ether oxygens (including phenoxy) is 1. The van der Waals surface area contributed by atoms with Crippen molar-refractivity contribution in [3.63, 3.8) is 0 Å². The average Bonchev–Trinajstić information content (AvgIpc) is 2.86. The number of benzene rings is 3. The Kier molecular flexibility index (Phi) is 7.62. The molecule has 0 spiro atoms. The molecule has 3 aromatic rings. The summed E-state index contributed by atoms with van der Waals surface area (Å²) in [4.78, 5) is 13.2. The molecule has 0 radical (unpaired) electrons. The zero-order chi connectivity index (χ0) is 25.9. The van der Waals surface area contributed by atoms with Crippen LogP contribution in [-0.4, -0.2) is 26.2 Å². The number of fused-ring (bicyclic) bond motifs is 1. The lowest BCUT2D eigenvalue weighted by Gasteiger charge is -2.41.